The standard InChI is InChI=1S/C16H26N2O5/c1-9-8-12(14(20)22-5)18-11(9)7-6-10(13(18)19)17-15(21)23-16(2,3)4/h9-12H,6-8H2,1-5H3,(H,17,21)/t9-,10+,11+,12+/m1/s1. The van der Waals surface area contributed by atoms with Gasteiger partial charge in [-0.15, -0.1) is 0 Å². The SMILES string of the molecule is COC(=O)[C@@H]1C[C@@H](C)[C@@H]2CC[C@H](NC(=O)OC(C)(C)C)C(=O)N12. The van der Waals surface area contributed by atoms with Gasteiger partial charge in [0.2, 0.25) is 5.91 Å². The number of fused-ring (bicyclic) bond motifs is 1. The normalized spacial score (nSPS) is 30.7. The monoisotopic (exact) mass is 326 g/mol. The van der Waals surface area contributed by atoms with E-state index in [0.717, 1.165) is 6.42 Å². The minimum atomic E-state index is -0.654. The first-order chi connectivity index (χ1) is 10.6. The first-order valence-electron chi connectivity index (χ1n) is 8.03. The zero-order valence-corrected chi connectivity index (χ0v) is 14.4. The number of piperidine rings is 1. The third kappa shape index (κ3) is 3.76. The number of carbonyl (C=O) groups excluding carboxylic acids is 3. The maximum absolute atomic E-state index is 12.7. The predicted molar refractivity (Wildman–Crippen MR) is 82.6 cm³/mol. The highest BCUT2D eigenvalue weighted by Crippen LogP contribution is 2.37. The molecule has 2 amide bonds. The predicted octanol–water partition coefficient (Wildman–Crippen LogP) is 1.45. The number of nitrogens with zero attached hydrogens (tertiary/aromatic N) is 1. The Balaban J connectivity index is 2.08. The average Bonchev–Trinajstić information content (AvgIpc) is 2.77. The molecule has 2 aliphatic rings. The highest BCUT2D eigenvalue weighted by atomic mass is 16.6. The number of esters is 1. The summed E-state index contributed by atoms with van der Waals surface area (Å²) >= 11 is 0. The van der Waals surface area contributed by atoms with Crippen LogP contribution in [0.1, 0.15) is 47.0 Å². The zero-order chi connectivity index (χ0) is 17.4. The van der Waals surface area contributed by atoms with Crippen molar-refractivity contribution >= 4 is 18.0 Å². The van der Waals surface area contributed by atoms with Crippen molar-refractivity contribution < 1.29 is 23.9 Å². The van der Waals surface area contributed by atoms with E-state index >= 15 is 0 Å². The molecule has 4 atom stereocenters. The van der Waals surface area contributed by atoms with Gasteiger partial charge in [-0.3, -0.25) is 4.79 Å². The minimum absolute atomic E-state index is 0.0308. The largest absolute Gasteiger partial charge is 0.467 e. The fourth-order valence-electron chi connectivity index (χ4n) is 3.44. The molecule has 0 aromatic rings. The molecular weight excluding hydrogens is 300 g/mol. The molecule has 7 nitrogen and oxygen atoms in total. The van der Waals surface area contributed by atoms with E-state index < -0.39 is 29.7 Å². The van der Waals surface area contributed by atoms with Gasteiger partial charge in [0.05, 0.1) is 7.11 Å². The third-order valence-corrected chi connectivity index (χ3v) is 4.41. The summed E-state index contributed by atoms with van der Waals surface area (Å²) in [6.07, 6.45) is 1.29. The molecule has 23 heavy (non-hydrogen) atoms. The van der Waals surface area contributed by atoms with Gasteiger partial charge in [-0.2, -0.15) is 0 Å². The Hall–Kier alpha value is -1.79. The summed E-state index contributed by atoms with van der Waals surface area (Å²) in [4.78, 5) is 38.2. The quantitative estimate of drug-likeness (QED) is 0.776. The summed E-state index contributed by atoms with van der Waals surface area (Å²) in [6, 6.07) is -1.18. The van der Waals surface area contributed by atoms with E-state index in [2.05, 4.69) is 5.32 Å². The fraction of sp³-hybridized carbons (Fsp3) is 0.812. The van der Waals surface area contributed by atoms with Crippen molar-refractivity contribution in [2.24, 2.45) is 5.92 Å². The van der Waals surface area contributed by atoms with Crippen LogP contribution in [0, 0.1) is 5.92 Å². The molecule has 2 aliphatic heterocycles. The number of carbonyl (C=O) groups is 3. The molecule has 0 bridgehead atoms. The number of amides is 2. The van der Waals surface area contributed by atoms with Gasteiger partial charge in [0.25, 0.3) is 0 Å². The third-order valence-electron chi connectivity index (χ3n) is 4.41. The Morgan fingerprint density at radius 3 is 2.48 bits per heavy atom. The van der Waals surface area contributed by atoms with Gasteiger partial charge in [-0.05, 0) is 46.0 Å². The number of rotatable bonds is 2. The van der Waals surface area contributed by atoms with Crippen LogP contribution in [0.4, 0.5) is 4.79 Å². The molecule has 0 saturated carbocycles. The molecule has 0 radical (unpaired) electrons. The Kier molecular flexibility index (Phi) is 4.87. The first kappa shape index (κ1) is 17.6. The van der Waals surface area contributed by atoms with Gasteiger partial charge < -0.3 is 19.7 Å². The van der Waals surface area contributed by atoms with Crippen LogP contribution in [0.25, 0.3) is 0 Å². The second-order valence-electron chi connectivity index (χ2n) is 7.34. The molecule has 2 saturated heterocycles. The Labute approximate surface area is 136 Å². The fourth-order valence-corrected chi connectivity index (χ4v) is 3.44. The highest BCUT2D eigenvalue weighted by Gasteiger charge is 2.50. The van der Waals surface area contributed by atoms with Crippen LogP contribution in [0.3, 0.4) is 0 Å². The number of ether oxygens (including phenoxy) is 2. The summed E-state index contributed by atoms with van der Waals surface area (Å²) in [5.41, 5.74) is -0.624. The molecule has 7 heteroatoms. The lowest BCUT2D eigenvalue weighted by molar-refractivity contribution is -0.154. The Bertz CT molecular complexity index is 499. The molecule has 0 aromatic carbocycles. The molecule has 1 N–H and O–H groups in total. The molecular formula is C16H26N2O5. The lowest BCUT2D eigenvalue weighted by Crippen LogP contribution is -2.58. The van der Waals surface area contributed by atoms with Crippen molar-refractivity contribution in [3.8, 4) is 0 Å². The van der Waals surface area contributed by atoms with E-state index in [0.29, 0.717) is 12.8 Å². The number of hydrogen-bond donors (Lipinski definition) is 1. The molecule has 2 fully saturated rings. The van der Waals surface area contributed by atoms with E-state index in [9.17, 15) is 14.4 Å². The van der Waals surface area contributed by atoms with Crippen LogP contribution in [0.2, 0.25) is 0 Å². The maximum Gasteiger partial charge on any atom is 0.408 e. The van der Waals surface area contributed by atoms with Crippen LogP contribution >= 0.6 is 0 Å². The van der Waals surface area contributed by atoms with Crippen LogP contribution < -0.4 is 5.32 Å². The van der Waals surface area contributed by atoms with Gasteiger partial charge in [0, 0.05) is 6.04 Å². The zero-order valence-electron chi connectivity index (χ0n) is 14.4. The van der Waals surface area contributed by atoms with E-state index in [1.54, 1.807) is 25.7 Å². The molecule has 0 spiro atoms. The second-order valence-corrected chi connectivity index (χ2v) is 7.34. The lowest BCUT2D eigenvalue weighted by Gasteiger charge is -2.38. The topological polar surface area (TPSA) is 84.9 Å². The summed E-state index contributed by atoms with van der Waals surface area (Å²) < 4.78 is 10.0. The van der Waals surface area contributed by atoms with Gasteiger partial charge in [-0.1, -0.05) is 6.92 Å². The Morgan fingerprint density at radius 2 is 1.91 bits per heavy atom. The van der Waals surface area contributed by atoms with Crippen molar-refractivity contribution in [1.29, 1.82) is 0 Å². The summed E-state index contributed by atoms with van der Waals surface area (Å²) in [6.45, 7) is 7.33. The van der Waals surface area contributed by atoms with E-state index in [4.69, 9.17) is 9.47 Å². The lowest BCUT2D eigenvalue weighted by atomic mass is 9.92. The molecule has 0 aromatic heterocycles. The highest BCUT2D eigenvalue weighted by molar-refractivity contribution is 5.91. The van der Waals surface area contributed by atoms with Gasteiger partial charge in [0.1, 0.15) is 17.7 Å². The van der Waals surface area contributed by atoms with Gasteiger partial charge in [-0.25, -0.2) is 9.59 Å². The first-order valence-corrected chi connectivity index (χ1v) is 8.03. The van der Waals surface area contributed by atoms with E-state index in [1.165, 1.54) is 7.11 Å². The van der Waals surface area contributed by atoms with Crippen molar-refractivity contribution in [1.82, 2.24) is 10.2 Å². The average molecular weight is 326 g/mol. The smallest absolute Gasteiger partial charge is 0.408 e. The second kappa shape index (κ2) is 6.37. The minimum Gasteiger partial charge on any atom is -0.467 e. The number of nitrogens with one attached hydrogen (secondary N) is 1. The van der Waals surface area contributed by atoms with Gasteiger partial charge >= 0.3 is 12.1 Å². The van der Waals surface area contributed by atoms with Gasteiger partial charge in [0.15, 0.2) is 0 Å². The molecule has 0 unspecified atom stereocenters. The van der Waals surface area contributed by atoms with Crippen LogP contribution in [0.5, 0.6) is 0 Å². The van der Waals surface area contributed by atoms with Crippen molar-refractivity contribution in [3.63, 3.8) is 0 Å². The van der Waals surface area contributed by atoms with Crippen molar-refractivity contribution in [3.05, 3.63) is 0 Å². The van der Waals surface area contributed by atoms with Crippen LogP contribution in [-0.4, -0.2) is 53.7 Å². The molecule has 0 aliphatic carbocycles. The number of alkyl carbamates (subject to hydrolysis) is 1. The van der Waals surface area contributed by atoms with Crippen molar-refractivity contribution in [2.45, 2.75) is 70.7 Å². The number of hydrogen-bond acceptors (Lipinski definition) is 5. The van der Waals surface area contributed by atoms with E-state index in [1.807, 2.05) is 6.92 Å². The maximum atomic E-state index is 12.7. The molecule has 2 heterocycles. The van der Waals surface area contributed by atoms with Crippen LogP contribution in [0.15, 0.2) is 0 Å². The molecule has 2 rings (SSSR count). The van der Waals surface area contributed by atoms with Crippen molar-refractivity contribution in [2.75, 3.05) is 7.11 Å². The summed E-state index contributed by atoms with van der Waals surface area (Å²) in [5.74, 6) is -0.386. The summed E-state index contributed by atoms with van der Waals surface area (Å²) in [5, 5.41) is 2.63. The van der Waals surface area contributed by atoms with Crippen LogP contribution in [-0.2, 0) is 19.1 Å². The van der Waals surface area contributed by atoms with E-state index in [-0.39, 0.29) is 17.9 Å². The summed E-state index contributed by atoms with van der Waals surface area (Å²) in [7, 11) is 1.32. The Morgan fingerprint density at radius 1 is 1.26 bits per heavy atom. The number of methoxy groups -OCH3 is 1. The molecule has 130 valence electrons.